The minimum absolute atomic E-state index is 0.678. The summed E-state index contributed by atoms with van der Waals surface area (Å²) in [5.74, 6) is 1.01. The number of fused-ring (bicyclic) bond motifs is 1. The van der Waals surface area contributed by atoms with Crippen LogP contribution in [0.3, 0.4) is 0 Å². The van der Waals surface area contributed by atoms with E-state index < -0.39 is 0 Å². The van der Waals surface area contributed by atoms with Crippen molar-refractivity contribution in [1.29, 1.82) is 5.26 Å². The van der Waals surface area contributed by atoms with Gasteiger partial charge in [0.25, 0.3) is 0 Å². The van der Waals surface area contributed by atoms with E-state index in [0.717, 1.165) is 62.4 Å². The van der Waals surface area contributed by atoms with E-state index in [2.05, 4.69) is 64.7 Å². The first-order valence-corrected chi connectivity index (χ1v) is 10.5. The third kappa shape index (κ3) is 3.34. The van der Waals surface area contributed by atoms with Crippen LogP contribution in [0.2, 0.25) is 0 Å². The number of imidazole rings is 1. The van der Waals surface area contributed by atoms with Gasteiger partial charge in [-0.3, -0.25) is 4.57 Å². The second kappa shape index (κ2) is 7.81. The molecule has 0 aliphatic heterocycles. The maximum absolute atomic E-state index is 9.40. The summed E-state index contributed by atoms with van der Waals surface area (Å²) < 4.78 is 3.17. The van der Waals surface area contributed by atoms with Crippen molar-refractivity contribution >= 4 is 27.1 Å². The van der Waals surface area contributed by atoms with E-state index in [9.17, 15) is 5.26 Å². The van der Waals surface area contributed by atoms with E-state index in [-0.39, 0.29) is 0 Å². The highest BCUT2D eigenvalue weighted by Crippen LogP contribution is 2.31. The lowest BCUT2D eigenvalue weighted by Crippen LogP contribution is -2.02. The van der Waals surface area contributed by atoms with Crippen molar-refractivity contribution in [1.82, 2.24) is 14.5 Å². The van der Waals surface area contributed by atoms with E-state index in [4.69, 9.17) is 9.97 Å². The predicted molar refractivity (Wildman–Crippen MR) is 120 cm³/mol. The molecule has 144 valence electrons. The quantitative estimate of drug-likeness (QED) is 0.371. The topological polar surface area (TPSA) is 54.5 Å². The molecule has 2 aromatic heterocycles. The molecule has 4 aromatic rings. The molecule has 0 spiro atoms. The number of nitrogens with zero attached hydrogens (tertiary/aromatic N) is 4. The molecule has 0 unspecified atom stereocenters. The molecule has 0 aliphatic rings. The minimum Gasteiger partial charge on any atom is -0.281 e. The Labute approximate surface area is 179 Å². The third-order valence-electron chi connectivity index (χ3n) is 5.16. The first-order valence-electron chi connectivity index (χ1n) is 9.69. The molecule has 0 aliphatic carbocycles. The monoisotopic (exact) mass is 444 g/mol. The maximum Gasteiger partial charge on any atom is 0.165 e. The van der Waals surface area contributed by atoms with Crippen molar-refractivity contribution in [2.24, 2.45) is 0 Å². The molecule has 2 heterocycles. The largest absolute Gasteiger partial charge is 0.281 e. The van der Waals surface area contributed by atoms with Gasteiger partial charge in [0.05, 0.1) is 17.3 Å². The Kier molecular flexibility index (Phi) is 5.21. The summed E-state index contributed by atoms with van der Waals surface area (Å²) in [5.41, 5.74) is 7.57. The van der Waals surface area contributed by atoms with Crippen LogP contribution in [0.5, 0.6) is 0 Å². The Hall–Kier alpha value is -2.97. The van der Waals surface area contributed by atoms with Gasteiger partial charge in [-0.1, -0.05) is 37.3 Å². The van der Waals surface area contributed by atoms with Crippen LogP contribution in [0.25, 0.3) is 28.0 Å². The summed E-state index contributed by atoms with van der Waals surface area (Å²) in [5, 5.41) is 9.40. The molecule has 2 aromatic carbocycles. The van der Waals surface area contributed by atoms with Crippen LogP contribution in [0.4, 0.5) is 0 Å². The van der Waals surface area contributed by atoms with E-state index in [0.29, 0.717) is 5.56 Å². The van der Waals surface area contributed by atoms with Crippen molar-refractivity contribution in [2.75, 3.05) is 0 Å². The molecule has 0 saturated heterocycles. The van der Waals surface area contributed by atoms with Gasteiger partial charge in [0.2, 0.25) is 0 Å². The van der Waals surface area contributed by atoms with Gasteiger partial charge in [-0.25, -0.2) is 9.97 Å². The van der Waals surface area contributed by atoms with Crippen molar-refractivity contribution in [2.45, 2.75) is 33.6 Å². The summed E-state index contributed by atoms with van der Waals surface area (Å²) in [7, 11) is 0. The van der Waals surface area contributed by atoms with Crippen LogP contribution in [0.15, 0.2) is 53.0 Å². The number of aryl methyl sites for hydroxylation is 3. The van der Waals surface area contributed by atoms with Gasteiger partial charge in [0.1, 0.15) is 11.3 Å². The molecule has 0 saturated carbocycles. The molecule has 0 fully saturated rings. The van der Waals surface area contributed by atoms with Crippen LogP contribution in [-0.4, -0.2) is 14.5 Å². The summed E-state index contributed by atoms with van der Waals surface area (Å²) in [6.45, 7) is 6.25. The van der Waals surface area contributed by atoms with Gasteiger partial charge in [-0.2, -0.15) is 5.26 Å². The summed E-state index contributed by atoms with van der Waals surface area (Å²) in [6.07, 6.45) is 1.89. The Morgan fingerprint density at radius 1 is 1.03 bits per heavy atom. The second-order valence-electron chi connectivity index (χ2n) is 7.13. The first kappa shape index (κ1) is 19.4. The Bertz CT molecular complexity index is 1250. The molecular formula is C24H21BrN4. The van der Waals surface area contributed by atoms with Crippen LogP contribution in [0, 0.1) is 25.2 Å². The summed E-state index contributed by atoms with van der Waals surface area (Å²) >= 11 is 3.64. The van der Waals surface area contributed by atoms with Gasteiger partial charge in [-0.15, -0.1) is 0 Å². The molecular weight excluding hydrogens is 424 g/mol. The van der Waals surface area contributed by atoms with E-state index in [1.54, 1.807) is 0 Å². The summed E-state index contributed by atoms with van der Waals surface area (Å²) in [6, 6.07) is 18.2. The standard InChI is InChI=1S/C24H21BrN4/c1-4-7-21-28-23-15(2)22(25)16(3)27-24(23)29(21)19-12-10-17(11-13-19)20-9-6-5-8-18(20)14-26/h5-6,8-13H,4,7H2,1-3H3. The van der Waals surface area contributed by atoms with Gasteiger partial charge in [-0.05, 0) is 71.1 Å². The first-order chi connectivity index (χ1) is 14.0. The lowest BCUT2D eigenvalue weighted by molar-refractivity contribution is 0.815. The maximum atomic E-state index is 9.40. The highest BCUT2D eigenvalue weighted by Gasteiger charge is 2.18. The number of pyridine rings is 1. The lowest BCUT2D eigenvalue weighted by atomic mass is 10.0. The predicted octanol–water partition coefficient (Wildman–Crippen LogP) is 6.29. The van der Waals surface area contributed by atoms with Crippen molar-refractivity contribution in [3.05, 3.63) is 75.6 Å². The SMILES string of the molecule is CCCc1nc2c(C)c(Br)c(C)nc2n1-c1ccc(-c2ccccc2C#N)cc1. The van der Waals surface area contributed by atoms with Crippen molar-refractivity contribution in [3.63, 3.8) is 0 Å². The molecule has 0 bridgehead atoms. The molecule has 0 amide bonds. The van der Waals surface area contributed by atoms with Crippen molar-refractivity contribution < 1.29 is 0 Å². The van der Waals surface area contributed by atoms with Gasteiger partial charge >= 0.3 is 0 Å². The lowest BCUT2D eigenvalue weighted by Gasteiger charge is -2.11. The van der Waals surface area contributed by atoms with E-state index >= 15 is 0 Å². The fourth-order valence-corrected chi connectivity index (χ4v) is 3.96. The molecule has 5 heteroatoms. The number of halogens is 1. The molecule has 0 N–H and O–H groups in total. The number of hydrogen-bond acceptors (Lipinski definition) is 3. The second-order valence-corrected chi connectivity index (χ2v) is 7.92. The summed E-state index contributed by atoms with van der Waals surface area (Å²) in [4.78, 5) is 9.75. The number of rotatable bonds is 4. The van der Waals surface area contributed by atoms with E-state index in [1.807, 2.05) is 31.2 Å². The van der Waals surface area contributed by atoms with E-state index in [1.165, 1.54) is 0 Å². The fraction of sp³-hybridized carbons (Fsp3) is 0.208. The Morgan fingerprint density at radius 3 is 2.45 bits per heavy atom. The molecule has 0 radical (unpaired) electrons. The minimum atomic E-state index is 0.678. The van der Waals surface area contributed by atoms with Gasteiger partial charge < -0.3 is 0 Å². The number of aromatic nitrogens is 3. The highest BCUT2D eigenvalue weighted by atomic mass is 79.9. The normalized spacial score (nSPS) is 11.0. The average molecular weight is 445 g/mol. The fourth-order valence-electron chi connectivity index (χ4n) is 3.68. The zero-order valence-electron chi connectivity index (χ0n) is 16.7. The average Bonchev–Trinajstić information content (AvgIpc) is 3.10. The van der Waals surface area contributed by atoms with Crippen LogP contribution < -0.4 is 0 Å². The smallest absolute Gasteiger partial charge is 0.165 e. The van der Waals surface area contributed by atoms with Crippen molar-refractivity contribution in [3.8, 4) is 22.9 Å². The van der Waals surface area contributed by atoms with Crippen LogP contribution in [0.1, 0.15) is 36.0 Å². The molecule has 0 atom stereocenters. The van der Waals surface area contributed by atoms with Gasteiger partial charge in [0.15, 0.2) is 5.65 Å². The highest BCUT2D eigenvalue weighted by molar-refractivity contribution is 9.10. The number of hydrogen-bond donors (Lipinski definition) is 0. The van der Waals surface area contributed by atoms with Crippen LogP contribution >= 0.6 is 15.9 Å². The van der Waals surface area contributed by atoms with Crippen LogP contribution in [-0.2, 0) is 6.42 Å². The molecule has 4 nitrogen and oxygen atoms in total. The Morgan fingerprint density at radius 2 is 1.76 bits per heavy atom. The molecule has 29 heavy (non-hydrogen) atoms. The zero-order valence-corrected chi connectivity index (χ0v) is 18.3. The number of benzene rings is 2. The zero-order chi connectivity index (χ0) is 20.5. The third-order valence-corrected chi connectivity index (χ3v) is 6.32. The molecule has 4 rings (SSSR count). The number of nitriles is 1. The Balaban J connectivity index is 1.88. The van der Waals surface area contributed by atoms with Gasteiger partial charge in [0, 0.05) is 16.6 Å².